The highest BCUT2D eigenvalue weighted by Gasteiger charge is 2.12. The minimum Gasteiger partial charge on any atom is -0.351 e. The number of aromatic nitrogens is 4. The molecule has 4 rings (SSSR count). The first-order valence-corrected chi connectivity index (χ1v) is 8.82. The number of hydrogen-bond donors (Lipinski definition) is 1. The van der Waals surface area contributed by atoms with Gasteiger partial charge in [-0.25, -0.2) is 4.98 Å². The molecule has 1 atom stereocenters. The van der Waals surface area contributed by atoms with E-state index < -0.39 is 0 Å². The Morgan fingerprint density at radius 3 is 2.78 bits per heavy atom. The van der Waals surface area contributed by atoms with Crippen molar-refractivity contribution in [1.29, 1.82) is 0 Å². The highest BCUT2D eigenvalue weighted by atomic mass is 16.1. The minimum absolute atomic E-state index is 0.114. The van der Waals surface area contributed by atoms with Crippen LogP contribution in [0.25, 0.3) is 16.9 Å². The Kier molecular flexibility index (Phi) is 4.61. The second-order valence-corrected chi connectivity index (χ2v) is 6.42. The SMILES string of the molecule is C[C@@H](CNC(=O)c1cccc(-n2nnc3cccnc32)c1)c1ccccc1. The molecule has 4 aromatic rings. The Labute approximate surface area is 156 Å². The van der Waals surface area contributed by atoms with Crippen molar-refractivity contribution in [2.45, 2.75) is 12.8 Å². The fourth-order valence-electron chi connectivity index (χ4n) is 2.97. The molecule has 6 nitrogen and oxygen atoms in total. The zero-order chi connectivity index (χ0) is 18.6. The molecule has 2 aromatic heterocycles. The molecule has 0 unspecified atom stereocenters. The Morgan fingerprint density at radius 1 is 1.07 bits per heavy atom. The van der Waals surface area contributed by atoms with Gasteiger partial charge in [-0.1, -0.05) is 48.5 Å². The highest BCUT2D eigenvalue weighted by Crippen LogP contribution is 2.16. The van der Waals surface area contributed by atoms with Crippen LogP contribution in [-0.2, 0) is 0 Å². The Morgan fingerprint density at radius 2 is 1.93 bits per heavy atom. The van der Waals surface area contributed by atoms with E-state index in [9.17, 15) is 4.79 Å². The Bertz CT molecular complexity index is 1070. The van der Waals surface area contributed by atoms with Gasteiger partial charge in [-0.3, -0.25) is 4.79 Å². The number of nitrogens with one attached hydrogen (secondary N) is 1. The van der Waals surface area contributed by atoms with Crippen LogP contribution in [0.1, 0.15) is 28.8 Å². The van der Waals surface area contributed by atoms with Gasteiger partial charge in [0.05, 0.1) is 5.69 Å². The van der Waals surface area contributed by atoms with Crippen LogP contribution in [0.5, 0.6) is 0 Å². The van der Waals surface area contributed by atoms with Crippen LogP contribution >= 0.6 is 0 Å². The lowest BCUT2D eigenvalue weighted by Gasteiger charge is -2.13. The summed E-state index contributed by atoms with van der Waals surface area (Å²) in [7, 11) is 0. The summed E-state index contributed by atoms with van der Waals surface area (Å²) in [6, 6.07) is 21.1. The van der Waals surface area contributed by atoms with E-state index in [2.05, 4.69) is 39.7 Å². The fraction of sp³-hybridized carbons (Fsp3) is 0.143. The van der Waals surface area contributed by atoms with Crippen molar-refractivity contribution in [3.05, 3.63) is 84.1 Å². The number of carbonyl (C=O) groups is 1. The number of fused-ring (bicyclic) bond motifs is 1. The smallest absolute Gasteiger partial charge is 0.251 e. The summed E-state index contributed by atoms with van der Waals surface area (Å²) in [5, 5.41) is 11.3. The van der Waals surface area contributed by atoms with E-state index in [1.807, 2.05) is 42.5 Å². The van der Waals surface area contributed by atoms with Gasteiger partial charge in [0.1, 0.15) is 5.52 Å². The van der Waals surface area contributed by atoms with E-state index in [4.69, 9.17) is 0 Å². The van der Waals surface area contributed by atoms with E-state index in [0.29, 0.717) is 23.3 Å². The summed E-state index contributed by atoms with van der Waals surface area (Å²) in [4.78, 5) is 16.9. The largest absolute Gasteiger partial charge is 0.351 e. The number of benzene rings is 2. The topological polar surface area (TPSA) is 72.7 Å². The lowest BCUT2D eigenvalue weighted by Crippen LogP contribution is -2.27. The third-order valence-corrected chi connectivity index (χ3v) is 4.50. The average molecular weight is 357 g/mol. The Balaban J connectivity index is 1.51. The summed E-state index contributed by atoms with van der Waals surface area (Å²) in [6.07, 6.45) is 1.70. The zero-order valence-corrected chi connectivity index (χ0v) is 14.9. The molecule has 134 valence electrons. The van der Waals surface area contributed by atoms with Gasteiger partial charge in [0.15, 0.2) is 5.65 Å². The van der Waals surface area contributed by atoms with Crippen molar-refractivity contribution < 1.29 is 4.79 Å². The molecule has 0 spiro atoms. The first kappa shape index (κ1) is 16.9. The summed E-state index contributed by atoms with van der Waals surface area (Å²) in [6.45, 7) is 2.67. The van der Waals surface area contributed by atoms with E-state index in [-0.39, 0.29) is 11.8 Å². The third kappa shape index (κ3) is 3.55. The van der Waals surface area contributed by atoms with Crippen LogP contribution in [0.4, 0.5) is 0 Å². The van der Waals surface area contributed by atoms with Crippen molar-refractivity contribution in [1.82, 2.24) is 25.3 Å². The maximum Gasteiger partial charge on any atom is 0.251 e. The van der Waals surface area contributed by atoms with Gasteiger partial charge < -0.3 is 5.32 Å². The summed E-state index contributed by atoms with van der Waals surface area (Å²) in [5.41, 5.74) is 3.90. The molecule has 0 bridgehead atoms. The lowest BCUT2D eigenvalue weighted by atomic mass is 10.0. The molecule has 0 radical (unpaired) electrons. The number of carbonyl (C=O) groups excluding carboxylic acids is 1. The molecule has 6 heteroatoms. The monoisotopic (exact) mass is 357 g/mol. The lowest BCUT2D eigenvalue weighted by molar-refractivity contribution is 0.0951. The van der Waals surface area contributed by atoms with Crippen molar-refractivity contribution >= 4 is 17.1 Å². The second-order valence-electron chi connectivity index (χ2n) is 6.42. The van der Waals surface area contributed by atoms with Crippen molar-refractivity contribution in [2.24, 2.45) is 0 Å². The van der Waals surface area contributed by atoms with E-state index >= 15 is 0 Å². The number of nitrogens with zero attached hydrogens (tertiary/aromatic N) is 4. The van der Waals surface area contributed by atoms with E-state index in [1.54, 1.807) is 23.0 Å². The van der Waals surface area contributed by atoms with Crippen molar-refractivity contribution in [3.8, 4) is 5.69 Å². The third-order valence-electron chi connectivity index (χ3n) is 4.50. The van der Waals surface area contributed by atoms with Crippen LogP contribution in [0.3, 0.4) is 0 Å². The zero-order valence-electron chi connectivity index (χ0n) is 14.9. The predicted octanol–water partition coefficient (Wildman–Crippen LogP) is 3.35. The van der Waals surface area contributed by atoms with Gasteiger partial charge in [-0.05, 0) is 41.8 Å². The molecule has 0 aliphatic rings. The number of rotatable bonds is 5. The molecule has 1 amide bonds. The molecule has 1 N–H and O–H groups in total. The Hall–Kier alpha value is -3.54. The maximum atomic E-state index is 12.6. The molecule has 2 aromatic carbocycles. The van der Waals surface area contributed by atoms with Crippen molar-refractivity contribution in [2.75, 3.05) is 6.54 Å². The quantitative estimate of drug-likeness (QED) is 0.594. The molecule has 0 saturated carbocycles. The number of pyridine rings is 1. The standard InChI is InChI=1S/C21H19N5O/c1-15(16-7-3-2-4-8-16)14-23-21(27)17-9-5-10-18(13-17)26-20-19(24-25-26)11-6-12-22-20/h2-13,15H,14H2,1H3,(H,23,27)/t15-/m0/s1. The maximum absolute atomic E-state index is 12.6. The first-order chi connectivity index (χ1) is 13.2. The van der Waals surface area contributed by atoms with Crippen LogP contribution in [0.2, 0.25) is 0 Å². The summed E-state index contributed by atoms with van der Waals surface area (Å²) >= 11 is 0. The van der Waals surface area contributed by atoms with Gasteiger partial charge in [-0.2, -0.15) is 4.68 Å². The molecule has 0 aliphatic heterocycles. The van der Waals surface area contributed by atoms with Gasteiger partial charge in [0, 0.05) is 18.3 Å². The molecule has 2 heterocycles. The normalized spacial score (nSPS) is 12.0. The summed E-state index contributed by atoms with van der Waals surface area (Å²) in [5.74, 6) is 0.124. The summed E-state index contributed by atoms with van der Waals surface area (Å²) < 4.78 is 1.64. The second kappa shape index (κ2) is 7.37. The molecule has 0 fully saturated rings. The van der Waals surface area contributed by atoms with E-state index in [0.717, 1.165) is 5.69 Å². The molecular weight excluding hydrogens is 338 g/mol. The number of amides is 1. The van der Waals surface area contributed by atoms with E-state index in [1.165, 1.54) is 5.56 Å². The fourth-order valence-corrected chi connectivity index (χ4v) is 2.97. The minimum atomic E-state index is -0.114. The molecule has 0 saturated heterocycles. The van der Waals surface area contributed by atoms with Crippen LogP contribution in [-0.4, -0.2) is 32.4 Å². The van der Waals surface area contributed by atoms with Crippen LogP contribution < -0.4 is 5.32 Å². The number of hydrogen-bond acceptors (Lipinski definition) is 4. The average Bonchev–Trinajstić information content (AvgIpc) is 3.16. The van der Waals surface area contributed by atoms with Gasteiger partial charge in [0.2, 0.25) is 0 Å². The molecular formula is C21H19N5O. The first-order valence-electron chi connectivity index (χ1n) is 8.82. The predicted molar refractivity (Wildman–Crippen MR) is 104 cm³/mol. The van der Waals surface area contributed by atoms with Gasteiger partial charge >= 0.3 is 0 Å². The highest BCUT2D eigenvalue weighted by molar-refractivity contribution is 5.94. The van der Waals surface area contributed by atoms with Crippen LogP contribution in [0.15, 0.2) is 72.9 Å². The van der Waals surface area contributed by atoms with Gasteiger partial charge in [-0.15, -0.1) is 5.10 Å². The molecule has 27 heavy (non-hydrogen) atoms. The van der Waals surface area contributed by atoms with Crippen molar-refractivity contribution in [3.63, 3.8) is 0 Å². The van der Waals surface area contributed by atoms with Crippen LogP contribution in [0, 0.1) is 0 Å². The van der Waals surface area contributed by atoms with Gasteiger partial charge in [0.25, 0.3) is 5.91 Å². The molecule has 0 aliphatic carbocycles.